The summed E-state index contributed by atoms with van der Waals surface area (Å²) in [6, 6.07) is 3.93. The Morgan fingerprint density at radius 2 is 2.05 bits per heavy atom. The summed E-state index contributed by atoms with van der Waals surface area (Å²) in [4.78, 5) is 9.97. The van der Waals surface area contributed by atoms with E-state index in [4.69, 9.17) is 4.42 Å². The molecule has 0 amide bonds. The Balaban J connectivity index is 2.47. The first-order valence-corrected chi connectivity index (χ1v) is 6.37. The van der Waals surface area contributed by atoms with Gasteiger partial charge in [-0.05, 0) is 37.2 Å². The van der Waals surface area contributed by atoms with E-state index in [0.29, 0.717) is 6.54 Å². The molecule has 1 N–H and O–H groups in total. The number of benzene rings is 1. The highest BCUT2D eigenvalue weighted by Crippen LogP contribution is 2.29. The molecule has 0 bridgehead atoms. The van der Waals surface area contributed by atoms with Crippen LogP contribution < -0.4 is 5.32 Å². The lowest BCUT2D eigenvalue weighted by Crippen LogP contribution is -2.23. The Labute approximate surface area is 119 Å². The van der Waals surface area contributed by atoms with Gasteiger partial charge in [0.2, 0.25) is 0 Å². The van der Waals surface area contributed by atoms with Crippen molar-refractivity contribution in [2.75, 3.05) is 6.54 Å². The van der Waals surface area contributed by atoms with Gasteiger partial charge in [0.1, 0.15) is 22.3 Å². The number of furan rings is 1. The molecule has 1 aromatic heterocycles. The van der Waals surface area contributed by atoms with E-state index in [1.165, 1.54) is 19.1 Å². The molecule has 7 heteroatoms. The minimum absolute atomic E-state index is 0.0456. The molecule has 112 valence electrons. The first-order valence-electron chi connectivity index (χ1n) is 6.37. The van der Waals surface area contributed by atoms with Crippen LogP contribution in [0.5, 0.6) is 0 Å². The largest absolute Gasteiger partial charge is 0.433 e. The zero-order chi connectivity index (χ0) is 15.6. The Morgan fingerprint density at radius 1 is 1.33 bits per heavy atom. The quantitative estimate of drug-likeness (QED) is 0.677. The molecule has 0 fully saturated rings. The van der Waals surface area contributed by atoms with Gasteiger partial charge in [0.05, 0.1) is 12.1 Å². The van der Waals surface area contributed by atoms with Gasteiger partial charge in [0.25, 0.3) is 0 Å². The van der Waals surface area contributed by atoms with E-state index in [-0.39, 0.29) is 16.9 Å². The van der Waals surface area contributed by atoms with E-state index >= 15 is 0 Å². The molecule has 0 aliphatic heterocycles. The van der Waals surface area contributed by atoms with Crippen molar-refractivity contribution in [3.63, 3.8) is 0 Å². The highest BCUT2D eigenvalue weighted by Gasteiger charge is 2.24. The van der Waals surface area contributed by atoms with E-state index in [9.17, 15) is 18.9 Å². The van der Waals surface area contributed by atoms with Crippen molar-refractivity contribution in [3.05, 3.63) is 62.9 Å². The van der Waals surface area contributed by atoms with Gasteiger partial charge < -0.3 is 9.73 Å². The van der Waals surface area contributed by atoms with Crippen molar-refractivity contribution < 1.29 is 18.1 Å². The molecule has 0 saturated carbocycles. The van der Waals surface area contributed by atoms with Gasteiger partial charge in [-0.15, -0.1) is 0 Å². The van der Waals surface area contributed by atoms with Crippen LogP contribution in [0.4, 0.5) is 14.7 Å². The maximum atomic E-state index is 14.1. The summed E-state index contributed by atoms with van der Waals surface area (Å²) in [6.07, 6.45) is 0. The maximum Gasteiger partial charge on any atom is 0.433 e. The number of halogens is 2. The average Bonchev–Trinajstić information content (AvgIpc) is 2.90. The Kier molecular flexibility index (Phi) is 4.32. The van der Waals surface area contributed by atoms with E-state index < -0.39 is 28.5 Å². The van der Waals surface area contributed by atoms with Crippen LogP contribution in [0.15, 0.2) is 28.7 Å². The van der Waals surface area contributed by atoms with Gasteiger partial charge in [-0.25, -0.2) is 8.78 Å². The smallest absolute Gasteiger partial charge is 0.404 e. The normalized spacial score (nSPS) is 12.4. The van der Waals surface area contributed by atoms with Crippen LogP contribution >= 0.6 is 0 Å². The standard InChI is InChI=1S/C14H14F2N2O3/c1-3-17-14(12-4-5-13(21-12)18(19)20)9-7-10(15)8(2)6-11(9)16/h4-7,14,17H,3H2,1-2H3. The maximum absolute atomic E-state index is 14.1. The number of hydrogen-bond donors (Lipinski definition) is 1. The second-order valence-electron chi connectivity index (χ2n) is 4.55. The van der Waals surface area contributed by atoms with Crippen LogP contribution in [0.25, 0.3) is 0 Å². The van der Waals surface area contributed by atoms with Crippen LogP contribution in [-0.4, -0.2) is 11.5 Å². The molecule has 1 atom stereocenters. The summed E-state index contributed by atoms with van der Waals surface area (Å²) >= 11 is 0. The summed E-state index contributed by atoms with van der Waals surface area (Å²) in [7, 11) is 0. The molecule has 21 heavy (non-hydrogen) atoms. The van der Waals surface area contributed by atoms with Crippen LogP contribution in [0.1, 0.15) is 29.9 Å². The second-order valence-corrected chi connectivity index (χ2v) is 4.55. The topological polar surface area (TPSA) is 68.3 Å². The van der Waals surface area contributed by atoms with Crippen LogP contribution in [-0.2, 0) is 0 Å². The molecule has 1 heterocycles. The lowest BCUT2D eigenvalue weighted by atomic mass is 10.0. The first-order chi connectivity index (χ1) is 9.93. The molecule has 2 aromatic rings. The fraction of sp³-hybridized carbons (Fsp3) is 0.286. The number of hydrogen-bond acceptors (Lipinski definition) is 4. The average molecular weight is 296 g/mol. The Bertz CT molecular complexity index is 670. The predicted molar refractivity (Wildman–Crippen MR) is 72.0 cm³/mol. The van der Waals surface area contributed by atoms with Crippen LogP contribution in [0, 0.1) is 28.7 Å². The van der Waals surface area contributed by atoms with Gasteiger partial charge in [-0.3, -0.25) is 10.1 Å². The van der Waals surface area contributed by atoms with Gasteiger partial charge in [0, 0.05) is 5.56 Å². The van der Waals surface area contributed by atoms with E-state index in [0.717, 1.165) is 12.1 Å². The summed E-state index contributed by atoms with van der Waals surface area (Å²) in [6.45, 7) is 3.70. The summed E-state index contributed by atoms with van der Waals surface area (Å²) < 4.78 is 32.8. The molecule has 1 aromatic carbocycles. The number of rotatable bonds is 5. The zero-order valence-corrected chi connectivity index (χ0v) is 11.5. The summed E-state index contributed by atoms with van der Waals surface area (Å²) in [5, 5.41) is 13.6. The third kappa shape index (κ3) is 3.08. The summed E-state index contributed by atoms with van der Waals surface area (Å²) in [5.41, 5.74) is 0.237. The van der Waals surface area contributed by atoms with E-state index in [1.54, 1.807) is 6.92 Å². The van der Waals surface area contributed by atoms with Crippen molar-refractivity contribution in [1.29, 1.82) is 0 Å². The van der Waals surface area contributed by atoms with Crippen molar-refractivity contribution in [1.82, 2.24) is 5.32 Å². The fourth-order valence-electron chi connectivity index (χ4n) is 2.05. The highest BCUT2D eigenvalue weighted by atomic mass is 19.1. The van der Waals surface area contributed by atoms with Crippen molar-refractivity contribution in [2.45, 2.75) is 19.9 Å². The Hall–Kier alpha value is -2.28. The van der Waals surface area contributed by atoms with Crippen molar-refractivity contribution in [3.8, 4) is 0 Å². The third-order valence-electron chi connectivity index (χ3n) is 3.07. The molecule has 0 saturated heterocycles. The van der Waals surface area contributed by atoms with E-state index in [1.807, 2.05) is 0 Å². The predicted octanol–water partition coefficient (Wildman–Crippen LogP) is 3.47. The lowest BCUT2D eigenvalue weighted by molar-refractivity contribution is -0.402. The number of nitrogens with zero attached hydrogens (tertiary/aromatic N) is 1. The minimum Gasteiger partial charge on any atom is -0.404 e. The second kappa shape index (κ2) is 6.01. The molecular weight excluding hydrogens is 282 g/mol. The van der Waals surface area contributed by atoms with Crippen LogP contribution in [0.2, 0.25) is 0 Å². The van der Waals surface area contributed by atoms with Gasteiger partial charge in [-0.2, -0.15) is 0 Å². The molecule has 0 aliphatic rings. The number of nitrogens with one attached hydrogen (secondary N) is 1. The SMILES string of the molecule is CCNC(c1ccc([N+](=O)[O-])o1)c1cc(F)c(C)cc1F. The fourth-order valence-corrected chi connectivity index (χ4v) is 2.05. The number of aryl methyl sites for hydroxylation is 1. The monoisotopic (exact) mass is 296 g/mol. The highest BCUT2D eigenvalue weighted by molar-refractivity contribution is 5.33. The molecule has 0 radical (unpaired) electrons. The molecule has 5 nitrogen and oxygen atoms in total. The van der Waals surface area contributed by atoms with Gasteiger partial charge in [0.15, 0.2) is 0 Å². The molecule has 0 spiro atoms. The van der Waals surface area contributed by atoms with E-state index in [2.05, 4.69) is 5.32 Å². The molecular formula is C14H14F2N2O3. The molecule has 0 aliphatic carbocycles. The molecule has 1 unspecified atom stereocenters. The number of nitro groups is 1. The Morgan fingerprint density at radius 3 is 2.62 bits per heavy atom. The van der Waals surface area contributed by atoms with Gasteiger partial charge in [-0.1, -0.05) is 6.92 Å². The van der Waals surface area contributed by atoms with Crippen molar-refractivity contribution in [2.24, 2.45) is 0 Å². The summed E-state index contributed by atoms with van der Waals surface area (Å²) in [5.74, 6) is -1.43. The zero-order valence-electron chi connectivity index (χ0n) is 11.5. The van der Waals surface area contributed by atoms with Crippen molar-refractivity contribution >= 4 is 5.88 Å². The lowest BCUT2D eigenvalue weighted by Gasteiger charge is -2.17. The minimum atomic E-state index is -0.793. The van der Waals surface area contributed by atoms with Gasteiger partial charge >= 0.3 is 5.88 Å². The van der Waals surface area contributed by atoms with Crippen LogP contribution in [0.3, 0.4) is 0 Å². The first kappa shape index (κ1) is 15.1. The molecule has 2 rings (SSSR count). The third-order valence-corrected chi connectivity index (χ3v) is 3.07.